The monoisotopic (exact) mass is 364 g/mol. The van der Waals surface area contributed by atoms with Crippen LogP contribution in [-0.2, 0) is 22.7 Å². The standard InChI is InChI=1S/C18H24N2O4S/c1-23-17-5-3-15(19)11-13(17)7-9-25(21,22)10-8-14-12-16(20)4-6-18(14)24-2/h3-6,11-12H,7-10,19-20H2,1-2H3. The predicted octanol–water partition coefficient (Wildman–Crippen LogP) is 2.07. The van der Waals surface area contributed by atoms with Gasteiger partial charge in [-0.25, -0.2) is 8.42 Å². The Bertz CT molecular complexity index is 771. The molecule has 0 spiro atoms. The van der Waals surface area contributed by atoms with Gasteiger partial charge in [-0.3, -0.25) is 0 Å². The second-order valence-corrected chi connectivity index (χ2v) is 8.10. The molecular formula is C18H24N2O4S. The topological polar surface area (TPSA) is 105 Å². The van der Waals surface area contributed by atoms with Crippen molar-refractivity contribution in [3.05, 3.63) is 47.5 Å². The number of aryl methyl sites for hydroxylation is 2. The minimum Gasteiger partial charge on any atom is -0.496 e. The number of nitrogens with two attached hydrogens (primary N) is 2. The lowest BCUT2D eigenvalue weighted by Gasteiger charge is -2.11. The Morgan fingerprint density at radius 2 is 1.20 bits per heavy atom. The van der Waals surface area contributed by atoms with Gasteiger partial charge in [-0.05, 0) is 60.4 Å². The minimum atomic E-state index is -3.25. The van der Waals surface area contributed by atoms with Crippen LogP contribution < -0.4 is 20.9 Å². The predicted molar refractivity (Wildman–Crippen MR) is 101 cm³/mol. The van der Waals surface area contributed by atoms with E-state index < -0.39 is 9.84 Å². The van der Waals surface area contributed by atoms with E-state index in [0.29, 0.717) is 35.7 Å². The summed E-state index contributed by atoms with van der Waals surface area (Å²) in [4.78, 5) is 0. The van der Waals surface area contributed by atoms with Crippen LogP contribution >= 0.6 is 0 Å². The Kier molecular flexibility index (Phi) is 6.14. The third kappa shape index (κ3) is 5.29. The first-order chi connectivity index (χ1) is 11.8. The summed E-state index contributed by atoms with van der Waals surface area (Å²) in [6, 6.07) is 10.4. The van der Waals surface area contributed by atoms with E-state index in [4.69, 9.17) is 20.9 Å². The lowest BCUT2D eigenvalue weighted by atomic mass is 10.1. The zero-order valence-electron chi connectivity index (χ0n) is 14.5. The van der Waals surface area contributed by atoms with Gasteiger partial charge in [0.15, 0.2) is 9.84 Å². The Morgan fingerprint density at radius 3 is 1.56 bits per heavy atom. The van der Waals surface area contributed by atoms with Crippen LogP contribution in [0.1, 0.15) is 11.1 Å². The SMILES string of the molecule is COc1ccc(N)cc1CCS(=O)(=O)CCc1cc(N)ccc1OC. The van der Waals surface area contributed by atoms with Gasteiger partial charge in [0.2, 0.25) is 0 Å². The lowest BCUT2D eigenvalue weighted by Crippen LogP contribution is -2.15. The number of sulfone groups is 1. The van der Waals surface area contributed by atoms with Gasteiger partial charge >= 0.3 is 0 Å². The highest BCUT2D eigenvalue weighted by Gasteiger charge is 2.15. The summed E-state index contributed by atoms with van der Waals surface area (Å²) in [5, 5.41) is 0. The second-order valence-electron chi connectivity index (χ2n) is 5.79. The molecule has 0 bridgehead atoms. The molecule has 0 heterocycles. The molecule has 136 valence electrons. The molecule has 0 aliphatic rings. The maximum atomic E-state index is 12.4. The molecule has 2 aromatic rings. The van der Waals surface area contributed by atoms with Crippen LogP contribution in [0.3, 0.4) is 0 Å². The van der Waals surface area contributed by atoms with Gasteiger partial charge in [-0.15, -0.1) is 0 Å². The number of nitrogen functional groups attached to an aromatic ring is 2. The van der Waals surface area contributed by atoms with Gasteiger partial charge < -0.3 is 20.9 Å². The van der Waals surface area contributed by atoms with Crippen LogP contribution in [0.4, 0.5) is 11.4 Å². The second kappa shape index (κ2) is 8.11. The Balaban J connectivity index is 2.03. The number of anilines is 2. The fraction of sp³-hybridized carbons (Fsp3) is 0.333. The lowest BCUT2D eigenvalue weighted by molar-refractivity contribution is 0.410. The zero-order chi connectivity index (χ0) is 18.4. The fourth-order valence-electron chi connectivity index (χ4n) is 2.62. The van der Waals surface area contributed by atoms with Gasteiger partial charge in [0.25, 0.3) is 0 Å². The van der Waals surface area contributed by atoms with E-state index in [1.54, 1.807) is 50.6 Å². The maximum absolute atomic E-state index is 12.4. The van der Waals surface area contributed by atoms with E-state index in [9.17, 15) is 8.42 Å². The van der Waals surface area contributed by atoms with Crippen LogP contribution in [0.5, 0.6) is 11.5 Å². The van der Waals surface area contributed by atoms with Crippen LogP contribution in [0.25, 0.3) is 0 Å². The first kappa shape index (κ1) is 18.9. The van der Waals surface area contributed by atoms with Gasteiger partial charge in [0.1, 0.15) is 11.5 Å². The van der Waals surface area contributed by atoms with E-state index in [0.717, 1.165) is 11.1 Å². The van der Waals surface area contributed by atoms with Gasteiger partial charge in [0, 0.05) is 11.4 Å². The van der Waals surface area contributed by atoms with E-state index in [-0.39, 0.29) is 11.5 Å². The molecule has 0 saturated heterocycles. The number of rotatable bonds is 8. The largest absolute Gasteiger partial charge is 0.496 e. The number of benzene rings is 2. The smallest absolute Gasteiger partial charge is 0.150 e. The van der Waals surface area contributed by atoms with Crippen molar-refractivity contribution < 1.29 is 17.9 Å². The van der Waals surface area contributed by atoms with Crippen molar-refractivity contribution in [2.24, 2.45) is 0 Å². The summed E-state index contributed by atoms with van der Waals surface area (Å²) in [5.74, 6) is 1.33. The summed E-state index contributed by atoms with van der Waals surface area (Å²) < 4.78 is 35.3. The van der Waals surface area contributed by atoms with E-state index in [1.165, 1.54) is 0 Å². The minimum absolute atomic E-state index is 0.0252. The van der Waals surface area contributed by atoms with E-state index in [2.05, 4.69) is 0 Å². The summed E-state index contributed by atoms with van der Waals surface area (Å²) in [6.45, 7) is 0. The zero-order valence-corrected chi connectivity index (χ0v) is 15.3. The Hall–Kier alpha value is -2.41. The summed E-state index contributed by atoms with van der Waals surface area (Å²) in [6.07, 6.45) is 0.704. The molecule has 25 heavy (non-hydrogen) atoms. The van der Waals surface area contributed by atoms with Crippen LogP contribution in [0, 0.1) is 0 Å². The summed E-state index contributed by atoms with van der Waals surface area (Å²) >= 11 is 0. The molecule has 0 saturated carbocycles. The molecule has 6 nitrogen and oxygen atoms in total. The van der Waals surface area contributed by atoms with Gasteiger partial charge in [0.05, 0.1) is 25.7 Å². The molecule has 7 heteroatoms. The molecule has 0 atom stereocenters. The normalized spacial score (nSPS) is 11.3. The highest BCUT2D eigenvalue weighted by molar-refractivity contribution is 7.91. The highest BCUT2D eigenvalue weighted by Crippen LogP contribution is 2.24. The molecule has 0 radical (unpaired) electrons. The van der Waals surface area contributed by atoms with Crippen LogP contribution in [0.15, 0.2) is 36.4 Å². The van der Waals surface area contributed by atoms with Crippen molar-refractivity contribution in [3.63, 3.8) is 0 Å². The molecule has 2 aromatic carbocycles. The van der Waals surface area contributed by atoms with Crippen molar-refractivity contribution in [1.82, 2.24) is 0 Å². The number of ether oxygens (including phenoxy) is 2. The molecule has 0 aliphatic heterocycles. The molecule has 0 aliphatic carbocycles. The summed E-state index contributed by atoms with van der Waals surface area (Å²) in [7, 11) is -0.144. The molecule has 2 rings (SSSR count). The van der Waals surface area contributed by atoms with Crippen molar-refractivity contribution >= 4 is 21.2 Å². The number of hydrogen-bond acceptors (Lipinski definition) is 6. The van der Waals surface area contributed by atoms with Crippen LogP contribution in [-0.4, -0.2) is 34.1 Å². The van der Waals surface area contributed by atoms with Crippen LogP contribution in [0.2, 0.25) is 0 Å². The fourth-order valence-corrected chi connectivity index (χ4v) is 3.89. The average Bonchev–Trinajstić information content (AvgIpc) is 2.58. The highest BCUT2D eigenvalue weighted by atomic mass is 32.2. The molecule has 0 fully saturated rings. The third-order valence-electron chi connectivity index (χ3n) is 3.97. The first-order valence-electron chi connectivity index (χ1n) is 7.90. The van der Waals surface area contributed by atoms with Gasteiger partial charge in [-0.1, -0.05) is 0 Å². The summed E-state index contributed by atoms with van der Waals surface area (Å²) in [5.41, 5.74) is 14.3. The van der Waals surface area contributed by atoms with Crippen molar-refractivity contribution in [2.45, 2.75) is 12.8 Å². The third-order valence-corrected chi connectivity index (χ3v) is 5.63. The van der Waals surface area contributed by atoms with Crippen molar-refractivity contribution in [1.29, 1.82) is 0 Å². The molecule has 0 amide bonds. The average molecular weight is 364 g/mol. The van der Waals surface area contributed by atoms with E-state index in [1.807, 2.05) is 0 Å². The Morgan fingerprint density at radius 1 is 0.800 bits per heavy atom. The molecule has 4 N–H and O–H groups in total. The van der Waals surface area contributed by atoms with Crippen molar-refractivity contribution in [3.8, 4) is 11.5 Å². The molecule has 0 aromatic heterocycles. The van der Waals surface area contributed by atoms with E-state index >= 15 is 0 Å². The maximum Gasteiger partial charge on any atom is 0.150 e. The quantitative estimate of drug-likeness (QED) is 0.695. The number of hydrogen-bond donors (Lipinski definition) is 2. The van der Waals surface area contributed by atoms with Gasteiger partial charge in [-0.2, -0.15) is 0 Å². The number of methoxy groups -OCH3 is 2. The molecule has 0 unspecified atom stereocenters. The van der Waals surface area contributed by atoms with Crippen molar-refractivity contribution in [2.75, 3.05) is 37.2 Å². The Labute approximate surface area is 148 Å². The first-order valence-corrected chi connectivity index (χ1v) is 9.72. The molecular weight excluding hydrogens is 340 g/mol.